The molecule has 0 unspecified atom stereocenters. The number of nitrogens with two attached hydrogens (primary N) is 1. The van der Waals surface area contributed by atoms with Gasteiger partial charge >= 0.3 is 0 Å². The van der Waals surface area contributed by atoms with Gasteiger partial charge in [0.25, 0.3) is 5.56 Å². The Morgan fingerprint density at radius 3 is 2.55 bits per heavy atom. The summed E-state index contributed by atoms with van der Waals surface area (Å²) in [5, 5.41) is 2.65. The van der Waals surface area contributed by atoms with Gasteiger partial charge in [0.2, 0.25) is 0 Å². The molecule has 1 aromatic heterocycles. The zero-order chi connectivity index (χ0) is 20.2. The van der Waals surface area contributed by atoms with Crippen molar-refractivity contribution in [2.45, 2.75) is 25.9 Å². The summed E-state index contributed by atoms with van der Waals surface area (Å²) in [6.07, 6.45) is 0.969. The van der Waals surface area contributed by atoms with E-state index < -0.39 is 0 Å². The largest absolute Gasteiger partial charge is 0.330 e. The number of hydrogen-bond acceptors (Lipinski definition) is 2. The molecule has 0 radical (unpaired) electrons. The number of hydrogen-bond donors (Lipinski definition) is 2. The first kappa shape index (κ1) is 19.0. The van der Waals surface area contributed by atoms with Gasteiger partial charge in [-0.15, -0.1) is 0 Å². The molecule has 0 aliphatic rings. The first-order valence-corrected chi connectivity index (χ1v) is 9.79. The third-order valence-electron chi connectivity index (χ3n) is 5.16. The van der Waals surface area contributed by atoms with E-state index in [9.17, 15) is 9.18 Å². The standard InChI is InChI=1S/C24H22FN3O/c1-2-16-10-12-17(13-11-16)23(18-6-5-7-19(25)14-18)26-15-22-27-21-9-4-3-8-20(21)24(29)28-22/h3-14,23,26H,2,15H2,1H3,(H,27,28,29)/p+1/t23-/m1/s1. The van der Waals surface area contributed by atoms with Crippen molar-refractivity contribution in [3.63, 3.8) is 0 Å². The molecule has 4 nitrogen and oxygen atoms in total. The molecule has 0 saturated carbocycles. The van der Waals surface area contributed by atoms with E-state index in [1.807, 2.05) is 24.3 Å². The van der Waals surface area contributed by atoms with Crippen molar-refractivity contribution in [3.05, 3.63) is 111 Å². The summed E-state index contributed by atoms with van der Waals surface area (Å²) in [6.45, 7) is 2.59. The Balaban J connectivity index is 1.65. The highest BCUT2D eigenvalue weighted by molar-refractivity contribution is 5.77. The fourth-order valence-corrected chi connectivity index (χ4v) is 3.59. The van der Waals surface area contributed by atoms with Crippen LogP contribution in [0.5, 0.6) is 0 Å². The number of rotatable bonds is 6. The number of nitrogens with one attached hydrogen (secondary N) is 1. The molecule has 0 saturated heterocycles. The van der Waals surface area contributed by atoms with Crippen LogP contribution in [-0.4, -0.2) is 9.97 Å². The molecule has 29 heavy (non-hydrogen) atoms. The molecule has 1 heterocycles. The van der Waals surface area contributed by atoms with Crippen molar-refractivity contribution in [2.24, 2.45) is 0 Å². The lowest BCUT2D eigenvalue weighted by molar-refractivity contribution is -0.703. The maximum atomic E-state index is 13.9. The third kappa shape index (κ3) is 4.25. The molecule has 0 bridgehead atoms. The normalized spacial score (nSPS) is 12.2. The zero-order valence-electron chi connectivity index (χ0n) is 16.2. The fraction of sp³-hybridized carbons (Fsp3) is 0.167. The number of halogens is 1. The second-order valence-electron chi connectivity index (χ2n) is 7.10. The van der Waals surface area contributed by atoms with E-state index in [2.05, 4.69) is 46.5 Å². The molecule has 3 aromatic carbocycles. The maximum Gasteiger partial charge on any atom is 0.258 e. The second-order valence-corrected chi connectivity index (χ2v) is 7.10. The molecule has 146 valence electrons. The van der Waals surface area contributed by atoms with Gasteiger partial charge < -0.3 is 10.3 Å². The van der Waals surface area contributed by atoms with Gasteiger partial charge in [-0.1, -0.05) is 55.5 Å². The highest BCUT2D eigenvalue weighted by atomic mass is 19.1. The number of para-hydroxylation sites is 1. The summed E-state index contributed by atoms with van der Waals surface area (Å²) >= 11 is 0. The van der Waals surface area contributed by atoms with Gasteiger partial charge in [0.15, 0.2) is 5.82 Å². The van der Waals surface area contributed by atoms with Crippen LogP contribution >= 0.6 is 0 Å². The fourth-order valence-electron chi connectivity index (χ4n) is 3.59. The van der Waals surface area contributed by atoms with Gasteiger partial charge in [0.05, 0.1) is 10.9 Å². The molecule has 4 aromatic rings. The Hall–Kier alpha value is -3.31. The van der Waals surface area contributed by atoms with Crippen molar-refractivity contribution in [1.29, 1.82) is 0 Å². The van der Waals surface area contributed by atoms with Crippen LogP contribution < -0.4 is 10.9 Å². The minimum absolute atomic E-state index is 0.103. The van der Waals surface area contributed by atoms with Crippen LogP contribution in [0.3, 0.4) is 0 Å². The van der Waals surface area contributed by atoms with E-state index in [0.717, 1.165) is 17.5 Å². The summed E-state index contributed by atoms with van der Waals surface area (Å²) in [7, 11) is 0. The van der Waals surface area contributed by atoms with E-state index in [4.69, 9.17) is 0 Å². The summed E-state index contributed by atoms with van der Waals surface area (Å²) in [4.78, 5) is 19.8. The number of nitrogens with zero attached hydrogens (tertiary/aromatic N) is 1. The van der Waals surface area contributed by atoms with Gasteiger partial charge in [0.1, 0.15) is 18.4 Å². The number of aromatic nitrogens is 2. The highest BCUT2D eigenvalue weighted by Crippen LogP contribution is 2.20. The van der Waals surface area contributed by atoms with Crippen molar-refractivity contribution < 1.29 is 9.71 Å². The smallest absolute Gasteiger partial charge is 0.258 e. The number of H-pyrrole nitrogens is 1. The van der Waals surface area contributed by atoms with Crippen LogP contribution in [-0.2, 0) is 13.0 Å². The Kier molecular flexibility index (Phi) is 5.49. The quantitative estimate of drug-likeness (QED) is 0.531. The number of quaternary nitrogens is 1. The van der Waals surface area contributed by atoms with E-state index in [0.29, 0.717) is 23.3 Å². The minimum Gasteiger partial charge on any atom is -0.330 e. The summed E-state index contributed by atoms with van der Waals surface area (Å²) < 4.78 is 13.9. The first-order chi connectivity index (χ1) is 14.1. The van der Waals surface area contributed by atoms with E-state index in [1.165, 1.54) is 11.6 Å². The first-order valence-electron chi connectivity index (χ1n) is 9.79. The lowest BCUT2D eigenvalue weighted by Crippen LogP contribution is -2.84. The van der Waals surface area contributed by atoms with E-state index in [-0.39, 0.29) is 17.4 Å². The number of aryl methyl sites for hydroxylation is 1. The van der Waals surface area contributed by atoms with Crippen LogP contribution in [0.4, 0.5) is 4.39 Å². The molecular weight excluding hydrogens is 365 g/mol. The van der Waals surface area contributed by atoms with Crippen LogP contribution in [0.15, 0.2) is 77.6 Å². The molecule has 0 fully saturated rings. The number of benzene rings is 3. The molecule has 5 heteroatoms. The zero-order valence-corrected chi connectivity index (χ0v) is 16.2. The molecule has 4 rings (SSSR count). The van der Waals surface area contributed by atoms with Crippen LogP contribution in [0, 0.1) is 5.82 Å². The predicted molar refractivity (Wildman–Crippen MR) is 112 cm³/mol. The minimum atomic E-state index is -0.261. The SMILES string of the molecule is CCc1ccc([C@@H]([NH2+]Cc2nc3ccccc3c(=O)[nH]2)c2cccc(F)c2)cc1. The van der Waals surface area contributed by atoms with Crippen LogP contribution in [0.25, 0.3) is 10.9 Å². The molecule has 0 spiro atoms. The topological polar surface area (TPSA) is 62.4 Å². The summed E-state index contributed by atoms with van der Waals surface area (Å²) in [5.74, 6) is 0.337. The Labute approximate surface area is 168 Å². The highest BCUT2D eigenvalue weighted by Gasteiger charge is 2.19. The monoisotopic (exact) mass is 388 g/mol. The summed E-state index contributed by atoms with van der Waals surface area (Å²) in [6, 6.07) is 22.2. The van der Waals surface area contributed by atoms with Crippen molar-refractivity contribution in [1.82, 2.24) is 9.97 Å². The third-order valence-corrected chi connectivity index (χ3v) is 5.16. The van der Waals surface area contributed by atoms with Gasteiger partial charge in [-0.25, -0.2) is 9.37 Å². The van der Waals surface area contributed by atoms with Gasteiger partial charge in [0, 0.05) is 11.1 Å². The number of aromatic amines is 1. The lowest BCUT2D eigenvalue weighted by atomic mass is 9.97. The average molecular weight is 388 g/mol. The Morgan fingerprint density at radius 1 is 1.00 bits per heavy atom. The molecule has 3 N–H and O–H groups in total. The Bertz CT molecular complexity index is 1180. The lowest BCUT2D eigenvalue weighted by Gasteiger charge is -2.17. The van der Waals surface area contributed by atoms with Crippen molar-refractivity contribution >= 4 is 10.9 Å². The molecular formula is C24H23FN3O+. The van der Waals surface area contributed by atoms with Crippen LogP contribution in [0.2, 0.25) is 0 Å². The molecule has 1 atom stereocenters. The average Bonchev–Trinajstić information content (AvgIpc) is 2.74. The van der Waals surface area contributed by atoms with Gasteiger partial charge in [-0.2, -0.15) is 0 Å². The number of fused-ring (bicyclic) bond motifs is 1. The van der Waals surface area contributed by atoms with Gasteiger partial charge in [-0.05, 0) is 36.2 Å². The maximum absolute atomic E-state index is 13.9. The Morgan fingerprint density at radius 2 is 1.79 bits per heavy atom. The second kappa shape index (κ2) is 8.37. The van der Waals surface area contributed by atoms with Crippen LogP contribution in [0.1, 0.15) is 35.5 Å². The predicted octanol–water partition coefficient (Wildman–Crippen LogP) is 3.48. The van der Waals surface area contributed by atoms with Crippen molar-refractivity contribution in [3.8, 4) is 0 Å². The van der Waals surface area contributed by atoms with Gasteiger partial charge in [-0.3, -0.25) is 4.79 Å². The van der Waals surface area contributed by atoms with E-state index in [1.54, 1.807) is 18.2 Å². The molecule has 0 amide bonds. The molecule has 0 aliphatic heterocycles. The van der Waals surface area contributed by atoms with E-state index >= 15 is 0 Å². The summed E-state index contributed by atoms with van der Waals surface area (Å²) in [5.41, 5.74) is 3.74. The molecule has 0 aliphatic carbocycles. The van der Waals surface area contributed by atoms with Crippen molar-refractivity contribution in [2.75, 3.05) is 0 Å².